The van der Waals surface area contributed by atoms with E-state index in [4.69, 9.17) is 5.11 Å². The maximum absolute atomic E-state index is 12.1. The summed E-state index contributed by atoms with van der Waals surface area (Å²) >= 11 is 0. The van der Waals surface area contributed by atoms with Gasteiger partial charge in [-0.05, 0) is 12.5 Å². The number of carbonyl (C=O) groups is 1. The van der Waals surface area contributed by atoms with E-state index >= 15 is 0 Å². The van der Waals surface area contributed by atoms with Crippen molar-refractivity contribution in [3.05, 3.63) is 36.0 Å². The highest BCUT2D eigenvalue weighted by atomic mass is 19.4. The van der Waals surface area contributed by atoms with Gasteiger partial charge in [0.15, 0.2) is 0 Å². The maximum Gasteiger partial charge on any atom is 0.393 e. The molecule has 0 aliphatic rings. The zero-order valence-corrected chi connectivity index (χ0v) is 10.8. The topological polar surface area (TPSA) is 37.3 Å². The van der Waals surface area contributed by atoms with Crippen LogP contribution in [0, 0.1) is 0 Å². The summed E-state index contributed by atoms with van der Waals surface area (Å²) in [6, 6.07) is 0. The summed E-state index contributed by atoms with van der Waals surface area (Å²) in [6.45, 7) is 8.95. The Bertz CT molecular complexity index is 326. The van der Waals surface area contributed by atoms with Crippen LogP contribution in [0.5, 0.6) is 0 Å². The van der Waals surface area contributed by atoms with Gasteiger partial charge >= 0.3 is 12.1 Å². The minimum atomic E-state index is -4.44. The molecule has 0 aromatic heterocycles. The van der Waals surface area contributed by atoms with Crippen LogP contribution in [0.4, 0.5) is 13.2 Å². The van der Waals surface area contributed by atoms with Gasteiger partial charge in [0, 0.05) is 0 Å². The van der Waals surface area contributed by atoms with Crippen LogP contribution in [0.3, 0.4) is 0 Å². The Hall–Kier alpha value is -1.52. The first-order valence-corrected chi connectivity index (χ1v) is 5.51. The summed E-state index contributed by atoms with van der Waals surface area (Å²) in [4.78, 5) is 10.7. The molecule has 0 aliphatic heterocycles. The largest absolute Gasteiger partial charge is 0.478 e. The molecule has 2 nitrogen and oxygen atoms in total. The van der Waals surface area contributed by atoms with Crippen LogP contribution < -0.4 is 0 Å². The lowest BCUT2D eigenvalue weighted by molar-refractivity contribution is -0.132. The standard InChI is InChI=1S/C10H11F3O2.C3H8/c1-3-5-8(9(14)15)7(4-2)6-10(11,12)13;1-3-2/h3-5H,2,6H2,1H3,(H,14,15);3H2,1-2H3/b5-3-,8-7-;. The highest BCUT2D eigenvalue weighted by molar-refractivity contribution is 5.91. The van der Waals surface area contributed by atoms with E-state index in [1.165, 1.54) is 19.4 Å². The number of carboxylic acid groups (broad SMARTS) is 1. The number of halogens is 3. The van der Waals surface area contributed by atoms with Gasteiger partial charge < -0.3 is 5.11 Å². The summed E-state index contributed by atoms with van der Waals surface area (Å²) in [6.07, 6.45) is -1.08. The smallest absolute Gasteiger partial charge is 0.393 e. The van der Waals surface area contributed by atoms with Crippen LogP contribution in [0.2, 0.25) is 0 Å². The molecule has 0 unspecified atom stereocenters. The molecular formula is C13H19F3O2. The zero-order chi connectivity index (χ0) is 14.8. The van der Waals surface area contributed by atoms with E-state index in [2.05, 4.69) is 20.4 Å². The number of alkyl halides is 3. The first-order chi connectivity index (χ1) is 8.23. The predicted octanol–water partition coefficient (Wildman–Crippen LogP) is 4.50. The fraction of sp³-hybridized carbons (Fsp3) is 0.462. The summed E-state index contributed by atoms with van der Waals surface area (Å²) in [5.41, 5.74) is -0.724. The summed E-state index contributed by atoms with van der Waals surface area (Å²) in [5.74, 6) is -1.40. The number of aliphatic carboxylic acids is 1. The van der Waals surface area contributed by atoms with Crippen molar-refractivity contribution in [2.75, 3.05) is 0 Å². The monoisotopic (exact) mass is 264 g/mol. The second-order valence-electron chi connectivity index (χ2n) is 3.45. The Morgan fingerprint density at radius 3 is 2.00 bits per heavy atom. The molecular weight excluding hydrogens is 245 g/mol. The summed E-state index contributed by atoms with van der Waals surface area (Å²) < 4.78 is 36.2. The van der Waals surface area contributed by atoms with Crippen molar-refractivity contribution in [1.29, 1.82) is 0 Å². The maximum atomic E-state index is 12.1. The SMILES string of the molecule is C=C/C(CC(F)(F)F)=C(\C=C/C)C(=O)O.CCC. The third-order valence-corrected chi connectivity index (χ3v) is 1.55. The predicted molar refractivity (Wildman–Crippen MR) is 66.3 cm³/mol. The first-order valence-electron chi connectivity index (χ1n) is 5.51. The van der Waals surface area contributed by atoms with Crippen molar-refractivity contribution in [3.8, 4) is 0 Å². The third kappa shape index (κ3) is 9.69. The lowest BCUT2D eigenvalue weighted by atomic mass is 10.0. The van der Waals surface area contributed by atoms with Gasteiger partial charge in [-0.1, -0.05) is 45.1 Å². The molecule has 5 heteroatoms. The average Bonchev–Trinajstić information content (AvgIpc) is 2.22. The first kappa shape index (κ1) is 18.8. The minimum absolute atomic E-state index is 0.340. The number of hydrogen-bond donors (Lipinski definition) is 1. The lowest BCUT2D eigenvalue weighted by Gasteiger charge is -2.08. The molecule has 0 radical (unpaired) electrons. The van der Waals surface area contributed by atoms with Gasteiger partial charge in [-0.15, -0.1) is 0 Å². The fourth-order valence-electron chi connectivity index (χ4n) is 0.976. The Balaban J connectivity index is 0. The van der Waals surface area contributed by atoms with Gasteiger partial charge in [-0.2, -0.15) is 13.2 Å². The van der Waals surface area contributed by atoms with Gasteiger partial charge in [0.2, 0.25) is 0 Å². The van der Waals surface area contributed by atoms with Gasteiger partial charge in [-0.3, -0.25) is 0 Å². The molecule has 0 saturated heterocycles. The number of carboxylic acids is 1. The van der Waals surface area contributed by atoms with E-state index in [-0.39, 0.29) is 11.1 Å². The molecule has 0 heterocycles. The van der Waals surface area contributed by atoms with Crippen LogP contribution in [0.1, 0.15) is 33.6 Å². The van der Waals surface area contributed by atoms with E-state index in [0.29, 0.717) is 0 Å². The molecule has 0 fully saturated rings. The van der Waals surface area contributed by atoms with Gasteiger partial charge in [-0.25, -0.2) is 4.79 Å². The van der Waals surface area contributed by atoms with Crippen LogP contribution in [-0.4, -0.2) is 17.3 Å². The zero-order valence-electron chi connectivity index (χ0n) is 10.8. The average molecular weight is 264 g/mol. The molecule has 0 atom stereocenters. The van der Waals surface area contributed by atoms with E-state index in [0.717, 1.165) is 12.2 Å². The third-order valence-electron chi connectivity index (χ3n) is 1.55. The van der Waals surface area contributed by atoms with Crippen molar-refractivity contribution >= 4 is 5.97 Å². The molecule has 0 saturated carbocycles. The number of allylic oxidation sites excluding steroid dienone is 3. The van der Waals surface area contributed by atoms with Crippen molar-refractivity contribution in [3.63, 3.8) is 0 Å². The second kappa shape index (κ2) is 9.50. The van der Waals surface area contributed by atoms with Crippen LogP contribution >= 0.6 is 0 Å². The molecule has 0 rings (SSSR count). The molecule has 104 valence electrons. The highest BCUT2D eigenvalue weighted by Gasteiger charge is 2.29. The molecule has 0 bridgehead atoms. The van der Waals surface area contributed by atoms with E-state index in [1.54, 1.807) is 0 Å². The molecule has 1 N–H and O–H groups in total. The van der Waals surface area contributed by atoms with Crippen LogP contribution in [0.15, 0.2) is 36.0 Å². The summed E-state index contributed by atoms with van der Waals surface area (Å²) in [7, 11) is 0. The summed E-state index contributed by atoms with van der Waals surface area (Å²) in [5, 5.41) is 8.68. The van der Waals surface area contributed by atoms with Gasteiger partial charge in [0.25, 0.3) is 0 Å². The quantitative estimate of drug-likeness (QED) is 0.599. The Morgan fingerprint density at radius 2 is 1.78 bits per heavy atom. The molecule has 0 aliphatic carbocycles. The van der Waals surface area contributed by atoms with E-state index in [1.807, 2.05) is 0 Å². The molecule has 18 heavy (non-hydrogen) atoms. The normalized spacial score (nSPS) is 12.6. The lowest BCUT2D eigenvalue weighted by Crippen LogP contribution is -2.11. The van der Waals surface area contributed by atoms with E-state index in [9.17, 15) is 18.0 Å². The molecule has 0 amide bonds. The van der Waals surface area contributed by atoms with Crippen LogP contribution in [0.25, 0.3) is 0 Å². The Kier molecular flexibility index (Phi) is 9.94. The van der Waals surface area contributed by atoms with E-state index < -0.39 is 18.6 Å². The van der Waals surface area contributed by atoms with Crippen molar-refractivity contribution in [2.45, 2.75) is 39.8 Å². The molecule has 0 aromatic carbocycles. The Morgan fingerprint density at radius 1 is 1.33 bits per heavy atom. The van der Waals surface area contributed by atoms with Crippen molar-refractivity contribution in [1.82, 2.24) is 0 Å². The molecule has 0 spiro atoms. The van der Waals surface area contributed by atoms with Crippen LogP contribution in [-0.2, 0) is 4.79 Å². The van der Waals surface area contributed by atoms with Crippen molar-refractivity contribution < 1.29 is 23.1 Å². The number of rotatable bonds is 4. The minimum Gasteiger partial charge on any atom is -0.478 e. The van der Waals surface area contributed by atoms with Gasteiger partial charge in [0.1, 0.15) is 0 Å². The fourth-order valence-corrected chi connectivity index (χ4v) is 0.976. The number of hydrogen-bond acceptors (Lipinski definition) is 1. The Labute approximate surface area is 106 Å². The van der Waals surface area contributed by atoms with Gasteiger partial charge in [0.05, 0.1) is 12.0 Å². The van der Waals surface area contributed by atoms with Crippen molar-refractivity contribution in [2.24, 2.45) is 0 Å². The molecule has 0 aromatic rings. The highest BCUT2D eigenvalue weighted by Crippen LogP contribution is 2.27. The second-order valence-corrected chi connectivity index (χ2v) is 3.45.